The third-order valence-corrected chi connectivity index (χ3v) is 3.39. The first kappa shape index (κ1) is 15.3. The van der Waals surface area contributed by atoms with Crippen LogP contribution < -0.4 is 4.74 Å². The van der Waals surface area contributed by atoms with E-state index in [1.807, 2.05) is 49.3 Å². The molecule has 0 aliphatic carbocycles. The molecule has 2 rings (SSSR count). The van der Waals surface area contributed by atoms with Crippen molar-refractivity contribution in [2.75, 3.05) is 27.2 Å². The first-order chi connectivity index (χ1) is 10.1. The molecule has 2 aromatic carbocycles. The van der Waals surface area contributed by atoms with E-state index >= 15 is 0 Å². The van der Waals surface area contributed by atoms with E-state index < -0.39 is 0 Å². The van der Waals surface area contributed by atoms with Gasteiger partial charge in [0.15, 0.2) is 6.29 Å². The molecule has 0 amide bonds. The highest BCUT2D eigenvalue weighted by Gasteiger charge is 2.08. The molecule has 3 nitrogen and oxygen atoms in total. The Labute approximate surface area is 126 Å². The van der Waals surface area contributed by atoms with Crippen LogP contribution in [0, 0.1) is 6.92 Å². The molecule has 0 saturated heterocycles. The van der Waals surface area contributed by atoms with Gasteiger partial charge in [-0.2, -0.15) is 0 Å². The maximum Gasteiger partial charge on any atom is 0.153 e. The maximum absolute atomic E-state index is 11.1. The normalized spacial score (nSPS) is 10.7. The second kappa shape index (κ2) is 7.04. The molecule has 0 unspecified atom stereocenters. The summed E-state index contributed by atoms with van der Waals surface area (Å²) in [5, 5.41) is 0. The summed E-state index contributed by atoms with van der Waals surface area (Å²) in [6.07, 6.45) is 0.840. The molecular formula is C18H21NO2. The van der Waals surface area contributed by atoms with Crippen molar-refractivity contribution in [1.82, 2.24) is 4.90 Å². The number of carbonyl (C=O) groups excluding carboxylic acids is 1. The molecule has 0 N–H and O–H groups in total. The van der Waals surface area contributed by atoms with Crippen LogP contribution in [-0.4, -0.2) is 38.4 Å². The lowest BCUT2D eigenvalue weighted by molar-refractivity contribution is 0.111. The predicted octanol–water partition coefficient (Wildman–Crippen LogP) is 3.41. The summed E-state index contributed by atoms with van der Waals surface area (Å²) in [6, 6.07) is 13.9. The van der Waals surface area contributed by atoms with Crippen molar-refractivity contribution in [3.05, 3.63) is 53.6 Å². The molecular weight excluding hydrogens is 262 g/mol. The van der Waals surface area contributed by atoms with Crippen LogP contribution in [0.5, 0.6) is 5.75 Å². The molecule has 0 radical (unpaired) electrons. The number of nitrogens with zero attached hydrogens (tertiary/aromatic N) is 1. The fraction of sp³-hybridized carbons (Fsp3) is 0.278. The Kier molecular flexibility index (Phi) is 5.12. The molecule has 0 aromatic heterocycles. The van der Waals surface area contributed by atoms with Crippen LogP contribution in [-0.2, 0) is 0 Å². The first-order valence-electron chi connectivity index (χ1n) is 7.04. The van der Waals surface area contributed by atoms with Gasteiger partial charge < -0.3 is 9.64 Å². The lowest BCUT2D eigenvalue weighted by Gasteiger charge is -2.14. The van der Waals surface area contributed by atoms with Gasteiger partial charge in [0.2, 0.25) is 0 Å². The van der Waals surface area contributed by atoms with Gasteiger partial charge in [-0.05, 0) is 49.8 Å². The highest BCUT2D eigenvalue weighted by atomic mass is 16.5. The zero-order valence-electron chi connectivity index (χ0n) is 12.8. The number of benzene rings is 2. The summed E-state index contributed by atoms with van der Waals surface area (Å²) in [6.45, 7) is 3.45. The van der Waals surface area contributed by atoms with Crippen molar-refractivity contribution in [2.24, 2.45) is 0 Å². The molecule has 0 fully saturated rings. The van der Waals surface area contributed by atoms with E-state index in [2.05, 4.69) is 19.1 Å². The smallest absolute Gasteiger partial charge is 0.153 e. The van der Waals surface area contributed by atoms with Crippen molar-refractivity contribution < 1.29 is 9.53 Å². The van der Waals surface area contributed by atoms with Crippen LogP contribution in [0.25, 0.3) is 11.1 Å². The van der Waals surface area contributed by atoms with E-state index in [1.165, 1.54) is 5.56 Å². The van der Waals surface area contributed by atoms with Gasteiger partial charge in [-0.25, -0.2) is 0 Å². The standard InChI is InChI=1S/C18H21NO2/c1-14-6-4-5-7-17(14)15-8-9-16(13-20)18(12-15)21-11-10-19(2)3/h4-9,12-13H,10-11H2,1-3H3. The largest absolute Gasteiger partial charge is 0.491 e. The van der Waals surface area contributed by atoms with E-state index in [-0.39, 0.29) is 0 Å². The minimum absolute atomic E-state index is 0.561. The maximum atomic E-state index is 11.1. The van der Waals surface area contributed by atoms with E-state index in [0.29, 0.717) is 17.9 Å². The minimum atomic E-state index is 0.561. The average Bonchev–Trinajstić information content (AvgIpc) is 2.47. The highest BCUT2D eigenvalue weighted by molar-refractivity contribution is 5.82. The number of carbonyl (C=O) groups is 1. The van der Waals surface area contributed by atoms with Crippen LogP contribution in [0.4, 0.5) is 0 Å². The van der Waals surface area contributed by atoms with E-state index in [4.69, 9.17) is 4.74 Å². The molecule has 110 valence electrons. The molecule has 0 aliphatic rings. The predicted molar refractivity (Wildman–Crippen MR) is 86.1 cm³/mol. The molecule has 3 heteroatoms. The number of ether oxygens (including phenoxy) is 1. The van der Waals surface area contributed by atoms with Crippen LogP contribution in [0.15, 0.2) is 42.5 Å². The molecule has 0 saturated carbocycles. The Balaban J connectivity index is 2.29. The van der Waals surface area contributed by atoms with E-state index in [9.17, 15) is 4.79 Å². The topological polar surface area (TPSA) is 29.5 Å². The summed E-state index contributed by atoms with van der Waals surface area (Å²) in [5.74, 6) is 0.646. The fourth-order valence-corrected chi connectivity index (χ4v) is 2.16. The first-order valence-corrected chi connectivity index (χ1v) is 7.04. The molecule has 0 aliphatic heterocycles. The third-order valence-electron chi connectivity index (χ3n) is 3.39. The molecule has 0 atom stereocenters. The number of rotatable bonds is 6. The number of hydrogen-bond donors (Lipinski definition) is 0. The zero-order valence-corrected chi connectivity index (χ0v) is 12.8. The summed E-state index contributed by atoms with van der Waals surface area (Å²) in [4.78, 5) is 13.2. The van der Waals surface area contributed by atoms with Gasteiger partial charge in [-0.3, -0.25) is 4.79 Å². The Hall–Kier alpha value is -2.13. The Bertz CT molecular complexity index is 620. The van der Waals surface area contributed by atoms with Crippen molar-refractivity contribution in [3.63, 3.8) is 0 Å². The van der Waals surface area contributed by atoms with Gasteiger partial charge in [-0.1, -0.05) is 30.3 Å². The molecule has 0 spiro atoms. The molecule has 0 heterocycles. The van der Waals surface area contributed by atoms with Crippen LogP contribution in [0.3, 0.4) is 0 Å². The zero-order chi connectivity index (χ0) is 15.2. The van der Waals surface area contributed by atoms with Crippen molar-refractivity contribution in [3.8, 4) is 16.9 Å². The summed E-state index contributed by atoms with van der Waals surface area (Å²) >= 11 is 0. The van der Waals surface area contributed by atoms with Gasteiger partial charge in [0, 0.05) is 6.54 Å². The number of aryl methyl sites for hydroxylation is 1. The lowest BCUT2D eigenvalue weighted by atomic mass is 9.99. The van der Waals surface area contributed by atoms with Crippen LogP contribution in [0.2, 0.25) is 0 Å². The molecule has 21 heavy (non-hydrogen) atoms. The molecule has 0 bridgehead atoms. The summed E-state index contributed by atoms with van der Waals surface area (Å²) in [5.41, 5.74) is 4.02. The Morgan fingerprint density at radius 2 is 1.90 bits per heavy atom. The second-order valence-corrected chi connectivity index (χ2v) is 5.34. The number of likely N-dealkylation sites (N-methyl/N-ethyl adjacent to an activating group) is 1. The summed E-state index contributed by atoms with van der Waals surface area (Å²) < 4.78 is 5.77. The van der Waals surface area contributed by atoms with Crippen LogP contribution in [0.1, 0.15) is 15.9 Å². The Morgan fingerprint density at radius 1 is 1.14 bits per heavy atom. The minimum Gasteiger partial charge on any atom is -0.491 e. The molecule has 2 aromatic rings. The van der Waals surface area contributed by atoms with Gasteiger partial charge >= 0.3 is 0 Å². The summed E-state index contributed by atoms with van der Waals surface area (Å²) in [7, 11) is 3.99. The van der Waals surface area contributed by atoms with E-state index in [1.54, 1.807) is 0 Å². The van der Waals surface area contributed by atoms with Gasteiger partial charge in [-0.15, -0.1) is 0 Å². The second-order valence-electron chi connectivity index (χ2n) is 5.34. The monoisotopic (exact) mass is 283 g/mol. The number of hydrogen-bond acceptors (Lipinski definition) is 3. The fourth-order valence-electron chi connectivity index (χ4n) is 2.16. The van der Waals surface area contributed by atoms with Crippen LogP contribution >= 0.6 is 0 Å². The Morgan fingerprint density at radius 3 is 2.57 bits per heavy atom. The quantitative estimate of drug-likeness (QED) is 0.761. The number of aldehydes is 1. The van der Waals surface area contributed by atoms with Crippen molar-refractivity contribution in [2.45, 2.75) is 6.92 Å². The van der Waals surface area contributed by atoms with Crippen molar-refractivity contribution in [1.29, 1.82) is 0 Å². The average molecular weight is 283 g/mol. The lowest BCUT2D eigenvalue weighted by Crippen LogP contribution is -2.19. The van der Waals surface area contributed by atoms with Gasteiger partial charge in [0.05, 0.1) is 5.56 Å². The van der Waals surface area contributed by atoms with E-state index in [0.717, 1.165) is 24.0 Å². The highest BCUT2D eigenvalue weighted by Crippen LogP contribution is 2.28. The van der Waals surface area contributed by atoms with Crippen molar-refractivity contribution >= 4 is 6.29 Å². The van der Waals surface area contributed by atoms with Gasteiger partial charge in [0.1, 0.15) is 12.4 Å². The third kappa shape index (κ3) is 3.92. The van der Waals surface area contributed by atoms with Gasteiger partial charge in [0.25, 0.3) is 0 Å². The SMILES string of the molecule is Cc1ccccc1-c1ccc(C=O)c(OCCN(C)C)c1.